The number of benzene rings is 2. The maximum absolute atomic E-state index is 12.8. The number of carbonyl (C=O) groups is 3. The number of nitrogens with one attached hydrogen (secondary N) is 5. The minimum atomic E-state index is -0.289. The van der Waals surface area contributed by atoms with Crippen LogP contribution in [0.2, 0.25) is 0 Å². The van der Waals surface area contributed by atoms with Crippen LogP contribution in [0.5, 0.6) is 0 Å². The molecule has 0 radical (unpaired) electrons. The van der Waals surface area contributed by atoms with E-state index < -0.39 is 0 Å². The summed E-state index contributed by atoms with van der Waals surface area (Å²) in [5, 5.41) is 9.83. The van der Waals surface area contributed by atoms with E-state index in [0.717, 1.165) is 21.8 Å². The van der Waals surface area contributed by atoms with Crippen LogP contribution in [0.3, 0.4) is 0 Å². The van der Waals surface area contributed by atoms with Gasteiger partial charge in [-0.3, -0.25) is 14.4 Å². The number of rotatable bonds is 8. The van der Waals surface area contributed by atoms with E-state index in [-0.39, 0.29) is 17.7 Å². The molecule has 170 valence electrons. The van der Waals surface area contributed by atoms with Crippen molar-refractivity contribution in [3.63, 3.8) is 0 Å². The van der Waals surface area contributed by atoms with Crippen LogP contribution in [-0.2, 0) is 0 Å². The molecule has 0 bridgehead atoms. The Kier molecular flexibility index (Phi) is 6.38. The molecule has 10 nitrogen and oxygen atoms in total. The quantitative estimate of drug-likeness (QED) is 0.215. The molecule has 0 aliphatic heterocycles. The van der Waals surface area contributed by atoms with Gasteiger partial charge in [-0.1, -0.05) is 0 Å². The summed E-state index contributed by atoms with van der Waals surface area (Å²) in [7, 11) is 0. The summed E-state index contributed by atoms with van der Waals surface area (Å²) < 4.78 is 0. The van der Waals surface area contributed by atoms with E-state index in [4.69, 9.17) is 11.5 Å². The second-order valence-corrected chi connectivity index (χ2v) is 7.51. The second kappa shape index (κ2) is 9.55. The third kappa shape index (κ3) is 4.86. The number of aromatic amines is 2. The number of carbonyl (C=O) groups excluding carboxylic acids is 3. The molecule has 0 saturated heterocycles. The zero-order chi connectivity index (χ0) is 23.4. The van der Waals surface area contributed by atoms with Gasteiger partial charge in [-0.05, 0) is 48.5 Å². The van der Waals surface area contributed by atoms with Crippen LogP contribution in [0.1, 0.15) is 31.3 Å². The molecule has 33 heavy (non-hydrogen) atoms. The molecule has 2 heterocycles. The van der Waals surface area contributed by atoms with Crippen molar-refractivity contribution < 1.29 is 14.4 Å². The van der Waals surface area contributed by atoms with Crippen LogP contribution >= 0.6 is 0 Å². The molecule has 4 rings (SSSR count). The van der Waals surface area contributed by atoms with Crippen LogP contribution in [0.4, 0.5) is 5.69 Å². The molecule has 0 spiro atoms. The third-order valence-corrected chi connectivity index (χ3v) is 5.11. The molecular formula is C23H25N7O3. The summed E-state index contributed by atoms with van der Waals surface area (Å²) in [6.45, 7) is 1.49. The SMILES string of the molecule is NCCNC(=O)c1cc2cc(NC(=O)c3ccc4[nH]c(C(=O)NCCN)cc4c3)ccc2[nH]1. The van der Waals surface area contributed by atoms with E-state index in [1.807, 2.05) is 0 Å². The number of fused-ring (bicyclic) bond motifs is 2. The highest BCUT2D eigenvalue weighted by Gasteiger charge is 2.13. The van der Waals surface area contributed by atoms with E-state index in [9.17, 15) is 14.4 Å². The average Bonchev–Trinajstić information content (AvgIpc) is 3.44. The normalized spacial score (nSPS) is 11.0. The maximum atomic E-state index is 12.8. The van der Waals surface area contributed by atoms with Gasteiger partial charge in [0.1, 0.15) is 11.4 Å². The van der Waals surface area contributed by atoms with Crippen LogP contribution in [0, 0.1) is 0 Å². The smallest absolute Gasteiger partial charge is 0.267 e. The summed E-state index contributed by atoms with van der Waals surface area (Å²) in [5.41, 5.74) is 14.2. The Balaban J connectivity index is 1.50. The summed E-state index contributed by atoms with van der Waals surface area (Å²) in [6.07, 6.45) is 0. The predicted molar refractivity (Wildman–Crippen MR) is 127 cm³/mol. The lowest BCUT2D eigenvalue weighted by molar-refractivity contribution is 0.0942. The van der Waals surface area contributed by atoms with Crippen molar-refractivity contribution >= 4 is 45.2 Å². The van der Waals surface area contributed by atoms with Crippen molar-refractivity contribution in [2.24, 2.45) is 11.5 Å². The van der Waals surface area contributed by atoms with Gasteiger partial charge in [0.05, 0.1) is 0 Å². The van der Waals surface area contributed by atoms with Gasteiger partial charge >= 0.3 is 0 Å². The Hall–Kier alpha value is -4.15. The predicted octanol–water partition coefficient (Wildman–Crippen LogP) is 1.28. The maximum Gasteiger partial charge on any atom is 0.267 e. The number of H-pyrrole nitrogens is 2. The molecule has 9 N–H and O–H groups in total. The number of nitrogens with two attached hydrogens (primary N) is 2. The minimum Gasteiger partial charge on any atom is -0.351 e. The highest BCUT2D eigenvalue weighted by molar-refractivity contribution is 6.08. The van der Waals surface area contributed by atoms with Crippen LogP contribution in [0.25, 0.3) is 21.8 Å². The Bertz CT molecular complexity index is 1340. The van der Waals surface area contributed by atoms with Crippen molar-refractivity contribution in [2.45, 2.75) is 0 Å². The number of hydrogen-bond acceptors (Lipinski definition) is 5. The molecule has 10 heteroatoms. The monoisotopic (exact) mass is 447 g/mol. The van der Waals surface area contributed by atoms with Crippen molar-refractivity contribution in [2.75, 3.05) is 31.5 Å². The molecule has 0 aliphatic carbocycles. The highest BCUT2D eigenvalue weighted by atomic mass is 16.2. The van der Waals surface area contributed by atoms with Crippen LogP contribution in [0.15, 0.2) is 48.5 Å². The lowest BCUT2D eigenvalue weighted by atomic mass is 10.1. The Morgan fingerprint density at radius 3 is 1.82 bits per heavy atom. The lowest BCUT2D eigenvalue weighted by Gasteiger charge is -2.05. The lowest BCUT2D eigenvalue weighted by Crippen LogP contribution is -2.29. The van der Waals surface area contributed by atoms with Gasteiger partial charge in [-0.2, -0.15) is 0 Å². The zero-order valence-electron chi connectivity index (χ0n) is 17.8. The van der Waals surface area contributed by atoms with Crippen LogP contribution < -0.4 is 27.4 Å². The molecule has 2 aromatic carbocycles. The molecule has 0 saturated carbocycles. The molecule has 3 amide bonds. The summed E-state index contributed by atoms with van der Waals surface area (Å²) in [4.78, 5) is 43.1. The molecule has 0 fully saturated rings. The first-order chi connectivity index (χ1) is 16.0. The van der Waals surface area contributed by atoms with E-state index >= 15 is 0 Å². The van der Waals surface area contributed by atoms with E-state index in [1.54, 1.807) is 48.5 Å². The third-order valence-electron chi connectivity index (χ3n) is 5.11. The van der Waals surface area contributed by atoms with Gasteiger partial charge < -0.3 is 37.4 Å². The van der Waals surface area contributed by atoms with Gasteiger partial charge in [-0.25, -0.2) is 0 Å². The second-order valence-electron chi connectivity index (χ2n) is 7.51. The van der Waals surface area contributed by atoms with Gasteiger partial charge in [-0.15, -0.1) is 0 Å². The topological polar surface area (TPSA) is 171 Å². The largest absolute Gasteiger partial charge is 0.351 e. The fourth-order valence-corrected chi connectivity index (χ4v) is 3.49. The van der Waals surface area contributed by atoms with Gasteiger partial charge in [0.15, 0.2) is 0 Å². The molecule has 0 aliphatic rings. The fraction of sp³-hybridized carbons (Fsp3) is 0.174. The average molecular weight is 447 g/mol. The molecule has 0 atom stereocenters. The van der Waals surface area contributed by atoms with Gasteiger partial charge in [0, 0.05) is 59.2 Å². The number of anilines is 1. The van der Waals surface area contributed by atoms with E-state index in [1.165, 1.54) is 0 Å². The van der Waals surface area contributed by atoms with Crippen molar-refractivity contribution in [3.8, 4) is 0 Å². The van der Waals surface area contributed by atoms with Gasteiger partial charge in [0.2, 0.25) is 0 Å². The van der Waals surface area contributed by atoms with Crippen molar-refractivity contribution in [1.82, 2.24) is 20.6 Å². The standard InChI is InChI=1S/C23H25N7O3/c24-5-7-26-22(32)19-11-14-9-13(1-3-17(14)29-19)21(31)28-16-2-4-18-15(10-16)12-20(30-18)23(33)27-8-6-25/h1-4,9-12,29-30H,5-8,24-25H2,(H,26,32)(H,27,33)(H,28,31). The van der Waals surface area contributed by atoms with E-state index in [0.29, 0.717) is 48.8 Å². The Labute approximate surface area is 189 Å². The molecule has 0 unspecified atom stereocenters. The molecule has 2 aromatic heterocycles. The number of amides is 3. The first-order valence-corrected chi connectivity index (χ1v) is 10.5. The summed E-state index contributed by atoms with van der Waals surface area (Å²) in [6, 6.07) is 13.9. The molecular weight excluding hydrogens is 422 g/mol. The first-order valence-electron chi connectivity index (χ1n) is 10.5. The fourth-order valence-electron chi connectivity index (χ4n) is 3.49. The van der Waals surface area contributed by atoms with Gasteiger partial charge in [0.25, 0.3) is 17.7 Å². The zero-order valence-corrected chi connectivity index (χ0v) is 17.8. The number of hydrogen-bond donors (Lipinski definition) is 7. The highest BCUT2D eigenvalue weighted by Crippen LogP contribution is 2.22. The Morgan fingerprint density at radius 1 is 0.697 bits per heavy atom. The first kappa shape index (κ1) is 22.1. The van der Waals surface area contributed by atoms with Crippen molar-refractivity contribution in [3.05, 3.63) is 65.5 Å². The molecule has 4 aromatic rings. The summed E-state index contributed by atoms with van der Waals surface area (Å²) >= 11 is 0. The summed E-state index contributed by atoms with van der Waals surface area (Å²) in [5.74, 6) is -0.778. The Morgan fingerprint density at radius 2 is 1.24 bits per heavy atom. The van der Waals surface area contributed by atoms with E-state index in [2.05, 4.69) is 25.9 Å². The minimum absolute atomic E-state index is 0.238. The van der Waals surface area contributed by atoms with Crippen molar-refractivity contribution in [1.29, 1.82) is 0 Å². The number of aromatic nitrogens is 2. The van der Waals surface area contributed by atoms with Crippen LogP contribution in [-0.4, -0.2) is 53.9 Å².